The van der Waals surface area contributed by atoms with Crippen LogP contribution < -0.4 is 5.73 Å². The molecular formula is C19H17ClFN5O3. The lowest BCUT2D eigenvalue weighted by molar-refractivity contribution is 0.0989. The van der Waals surface area contributed by atoms with E-state index in [-0.39, 0.29) is 28.0 Å². The van der Waals surface area contributed by atoms with Crippen LogP contribution in [0, 0.1) is 17.1 Å². The number of aromatic nitrogens is 3. The first kappa shape index (κ1) is 20.5. The highest BCUT2D eigenvalue weighted by Gasteiger charge is 2.27. The summed E-state index contributed by atoms with van der Waals surface area (Å²) in [6, 6.07) is 6.04. The van der Waals surface area contributed by atoms with Crippen LogP contribution in [0.4, 0.5) is 4.39 Å². The van der Waals surface area contributed by atoms with Gasteiger partial charge >= 0.3 is 0 Å². The Labute approximate surface area is 170 Å². The third kappa shape index (κ3) is 3.99. The van der Waals surface area contributed by atoms with Crippen molar-refractivity contribution in [3.8, 4) is 17.3 Å². The zero-order valence-electron chi connectivity index (χ0n) is 15.6. The number of amides is 1. The first-order chi connectivity index (χ1) is 13.7. The number of nitriles is 1. The lowest BCUT2D eigenvalue weighted by Gasteiger charge is -2.13. The van der Waals surface area contributed by atoms with Crippen molar-refractivity contribution in [3.63, 3.8) is 0 Å². The Morgan fingerprint density at radius 2 is 2.21 bits per heavy atom. The number of hydrogen-bond acceptors (Lipinski definition) is 6. The van der Waals surface area contributed by atoms with E-state index in [0.717, 1.165) is 0 Å². The molecule has 8 nitrogen and oxygen atoms in total. The van der Waals surface area contributed by atoms with Crippen LogP contribution in [0.25, 0.3) is 11.3 Å². The summed E-state index contributed by atoms with van der Waals surface area (Å²) in [6.45, 7) is 3.62. The first-order valence-electron chi connectivity index (χ1n) is 8.63. The van der Waals surface area contributed by atoms with E-state index < -0.39 is 17.8 Å². The van der Waals surface area contributed by atoms with Gasteiger partial charge in [0.15, 0.2) is 11.5 Å². The maximum Gasteiger partial charge on any atom is 0.271 e. The van der Waals surface area contributed by atoms with E-state index in [1.807, 2.05) is 6.92 Å². The molecule has 0 aliphatic carbocycles. The maximum absolute atomic E-state index is 14.0. The second-order valence-corrected chi connectivity index (χ2v) is 7.01. The summed E-state index contributed by atoms with van der Waals surface area (Å²) in [7, 11) is 0. The van der Waals surface area contributed by atoms with Gasteiger partial charge in [-0.1, -0.05) is 23.7 Å². The van der Waals surface area contributed by atoms with Crippen LogP contribution >= 0.6 is 11.6 Å². The highest BCUT2D eigenvalue weighted by Crippen LogP contribution is 2.30. The van der Waals surface area contributed by atoms with Crippen LogP contribution in [-0.2, 0) is 6.54 Å². The van der Waals surface area contributed by atoms with E-state index in [9.17, 15) is 14.3 Å². The molecule has 0 fully saturated rings. The topological polar surface area (TPSA) is 131 Å². The van der Waals surface area contributed by atoms with E-state index in [2.05, 4.69) is 10.3 Å². The van der Waals surface area contributed by atoms with Gasteiger partial charge in [0.1, 0.15) is 23.6 Å². The summed E-state index contributed by atoms with van der Waals surface area (Å²) in [5.41, 5.74) is 6.39. The number of nitrogens with two attached hydrogens (primary N) is 1. The summed E-state index contributed by atoms with van der Waals surface area (Å²) < 4.78 is 20.7. The van der Waals surface area contributed by atoms with Crippen LogP contribution in [0.1, 0.15) is 53.2 Å². The molecule has 0 aliphatic rings. The zero-order valence-corrected chi connectivity index (χ0v) is 16.3. The average Bonchev–Trinajstić information content (AvgIpc) is 3.28. The second-order valence-electron chi connectivity index (χ2n) is 6.60. The quantitative estimate of drug-likeness (QED) is 0.633. The van der Waals surface area contributed by atoms with Crippen molar-refractivity contribution in [2.45, 2.75) is 32.4 Å². The largest absolute Gasteiger partial charge is 0.385 e. The number of rotatable bonds is 6. The predicted molar refractivity (Wildman–Crippen MR) is 101 cm³/mol. The molecule has 3 N–H and O–H groups in total. The fourth-order valence-corrected chi connectivity index (χ4v) is 3.33. The fraction of sp³-hybridized carbons (Fsp3) is 0.263. The molecule has 0 radical (unpaired) electrons. The molecule has 1 aromatic carbocycles. The number of aliphatic hydroxyl groups is 1. The van der Waals surface area contributed by atoms with E-state index >= 15 is 0 Å². The molecule has 0 saturated carbocycles. The minimum absolute atomic E-state index is 0.00237. The van der Waals surface area contributed by atoms with Crippen LogP contribution in [0.15, 0.2) is 28.9 Å². The second kappa shape index (κ2) is 8.03. The number of aliphatic hydroxyl groups excluding tert-OH is 1. The van der Waals surface area contributed by atoms with Crippen LogP contribution in [-0.4, -0.2) is 26.0 Å². The van der Waals surface area contributed by atoms with Crippen LogP contribution in [0.5, 0.6) is 0 Å². The smallest absolute Gasteiger partial charge is 0.271 e. The standard InChI is InChI=1S/C19H17ClFN5O3/c1-9(16-17(19(23)28)25-29-18(16)10(2)27)8-26-4-3-15(24-26)11-5-13(20)12(7-22)14(21)6-11/h3-6,9-10,27H,8H2,1-2H3,(H2,23,28)/t9-,10?/m1/s1. The van der Waals surface area contributed by atoms with Gasteiger partial charge in [-0.05, 0) is 25.1 Å². The molecule has 2 atom stereocenters. The van der Waals surface area contributed by atoms with Gasteiger partial charge in [-0.15, -0.1) is 0 Å². The minimum Gasteiger partial charge on any atom is -0.385 e. The van der Waals surface area contributed by atoms with Crippen molar-refractivity contribution in [3.05, 3.63) is 57.8 Å². The van der Waals surface area contributed by atoms with Crippen molar-refractivity contribution in [2.75, 3.05) is 0 Å². The van der Waals surface area contributed by atoms with Crippen LogP contribution in [0.3, 0.4) is 0 Å². The molecule has 150 valence electrons. The molecule has 0 saturated heterocycles. The molecule has 3 aromatic rings. The van der Waals surface area contributed by atoms with Gasteiger partial charge in [0.05, 0.1) is 10.7 Å². The van der Waals surface area contributed by atoms with E-state index in [1.165, 1.54) is 19.1 Å². The Kier molecular flexibility index (Phi) is 5.68. The van der Waals surface area contributed by atoms with Gasteiger partial charge in [0.2, 0.25) is 0 Å². The highest BCUT2D eigenvalue weighted by atomic mass is 35.5. The van der Waals surface area contributed by atoms with E-state index in [1.54, 1.807) is 23.0 Å². The van der Waals surface area contributed by atoms with Crippen molar-refractivity contribution in [1.82, 2.24) is 14.9 Å². The molecule has 29 heavy (non-hydrogen) atoms. The molecule has 0 spiro atoms. The monoisotopic (exact) mass is 417 g/mol. The minimum atomic E-state index is -0.968. The van der Waals surface area contributed by atoms with Crippen molar-refractivity contribution in [1.29, 1.82) is 5.26 Å². The summed E-state index contributed by atoms with van der Waals surface area (Å²) in [4.78, 5) is 11.6. The van der Waals surface area contributed by atoms with Gasteiger partial charge in [-0.3, -0.25) is 9.48 Å². The Balaban J connectivity index is 1.89. The number of hydrogen-bond donors (Lipinski definition) is 2. The number of nitrogens with zero attached hydrogens (tertiary/aromatic N) is 4. The summed E-state index contributed by atoms with van der Waals surface area (Å²) in [5, 5.41) is 26.9. The van der Waals surface area contributed by atoms with Gasteiger partial charge in [0.25, 0.3) is 5.91 Å². The van der Waals surface area contributed by atoms with Gasteiger partial charge < -0.3 is 15.4 Å². The molecule has 1 amide bonds. The molecule has 3 rings (SSSR count). The number of carbonyl (C=O) groups excluding carboxylic acids is 1. The lowest BCUT2D eigenvalue weighted by atomic mass is 9.96. The summed E-state index contributed by atoms with van der Waals surface area (Å²) in [6.07, 6.45) is 0.708. The van der Waals surface area contributed by atoms with E-state index in [0.29, 0.717) is 23.4 Å². The maximum atomic E-state index is 14.0. The Morgan fingerprint density at radius 3 is 2.79 bits per heavy atom. The molecule has 2 aromatic heterocycles. The lowest BCUT2D eigenvalue weighted by Crippen LogP contribution is -2.17. The SMILES string of the molecule is CC(O)c1onc(C(N)=O)c1[C@H](C)Cn1ccc(-c2cc(F)c(C#N)c(Cl)c2)n1. The molecule has 0 bridgehead atoms. The Bertz CT molecular complexity index is 1090. The van der Waals surface area contributed by atoms with Crippen LogP contribution in [0.2, 0.25) is 5.02 Å². The highest BCUT2D eigenvalue weighted by molar-refractivity contribution is 6.32. The summed E-state index contributed by atoms with van der Waals surface area (Å²) >= 11 is 5.96. The molecular weight excluding hydrogens is 401 g/mol. The third-order valence-corrected chi connectivity index (χ3v) is 4.71. The molecule has 1 unspecified atom stereocenters. The number of primary amides is 1. The number of carbonyl (C=O) groups is 1. The Morgan fingerprint density at radius 1 is 1.48 bits per heavy atom. The third-order valence-electron chi connectivity index (χ3n) is 4.41. The normalized spacial score (nSPS) is 13.1. The van der Waals surface area contributed by atoms with Crippen molar-refractivity contribution < 1.29 is 18.8 Å². The first-order valence-corrected chi connectivity index (χ1v) is 9.01. The molecule has 10 heteroatoms. The fourth-order valence-electron chi connectivity index (χ4n) is 3.08. The predicted octanol–water partition coefficient (Wildman–Crippen LogP) is 3.16. The number of benzene rings is 1. The van der Waals surface area contributed by atoms with Crippen molar-refractivity contribution in [2.24, 2.45) is 5.73 Å². The number of halogens is 2. The average molecular weight is 418 g/mol. The van der Waals surface area contributed by atoms with E-state index in [4.69, 9.17) is 27.1 Å². The molecule has 0 aliphatic heterocycles. The van der Waals surface area contributed by atoms with Crippen molar-refractivity contribution >= 4 is 17.5 Å². The van der Waals surface area contributed by atoms with Gasteiger partial charge in [0, 0.05) is 29.8 Å². The Hall–Kier alpha value is -3.22. The van der Waals surface area contributed by atoms with Gasteiger partial charge in [-0.2, -0.15) is 10.4 Å². The zero-order chi connectivity index (χ0) is 21.3. The van der Waals surface area contributed by atoms with Gasteiger partial charge in [-0.25, -0.2) is 4.39 Å². The molecule has 2 heterocycles. The summed E-state index contributed by atoms with van der Waals surface area (Å²) in [5.74, 6) is -1.64.